The number of hydrogen-bond acceptors (Lipinski definition) is 10. The lowest BCUT2D eigenvalue weighted by molar-refractivity contribution is -0.141. The number of hydrogen-bond donors (Lipinski definition) is 0. The maximum absolute atomic E-state index is 13.2. The highest BCUT2D eigenvalue weighted by Gasteiger charge is 2.37. The Hall–Kier alpha value is -5.12. The van der Waals surface area contributed by atoms with Gasteiger partial charge in [-0.2, -0.15) is 0 Å². The van der Waals surface area contributed by atoms with Crippen molar-refractivity contribution in [1.29, 1.82) is 0 Å². The van der Waals surface area contributed by atoms with Crippen LogP contribution in [0.4, 0.5) is 0 Å². The molecule has 0 radical (unpaired) electrons. The van der Waals surface area contributed by atoms with Gasteiger partial charge in [0.15, 0.2) is 0 Å². The van der Waals surface area contributed by atoms with E-state index in [1.807, 2.05) is 60.7 Å². The Balaban J connectivity index is 1.64. The largest absolute Gasteiger partial charge is 0.463 e. The summed E-state index contributed by atoms with van der Waals surface area (Å²) in [5, 5.41) is 0. The first-order chi connectivity index (χ1) is 22.8. The smallest absolute Gasteiger partial charge is 0.336 e. The van der Waals surface area contributed by atoms with Crippen LogP contribution in [0.1, 0.15) is 57.1 Å². The van der Waals surface area contributed by atoms with Gasteiger partial charge in [-0.3, -0.25) is 0 Å². The van der Waals surface area contributed by atoms with E-state index < -0.39 is 35.7 Å². The summed E-state index contributed by atoms with van der Waals surface area (Å²) in [5.41, 5.74) is 2.81. The van der Waals surface area contributed by atoms with Crippen molar-refractivity contribution in [2.75, 3.05) is 39.5 Å². The van der Waals surface area contributed by atoms with Gasteiger partial charge in [0.1, 0.15) is 0 Å². The Morgan fingerprint density at radius 1 is 0.489 bits per heavy atom. The van der Waals surface area contributed by atoms with Crippen LogP contribution in [0, 0.1) is 0 Å². The average molecular weight is 643 g/mol. The highest BCUT2D eigenvalue weighted by molar-refractivity contribution is 5.99. The van der Waals surface area contributed by atoms with Crippen molar-refractivity contribution in [3.8, 4) is 0 Å². The summed E-state index contributed by atoms with van der Waals surface area (Å²) in [6.07, 6.45) is 7.35. The molecule has 2 aliphatic rings. The van der Waals surface area contributed by atoms with Crippen LogP contribution >= 0.6 is 0 Å². The monoisotopic (exact) mass is 642 g/mol. The van der Waals surface area contributed by atoms with Crippen LogP contribution in [0.3, 0.4) is 0 Å². The summed E-state index contributed by atoms with van der Waals surface area (Å²) in [4.78, 5) is 56.4. The molecule has 4 rings (SSSR count). The molecule has 0 amide bonds. The summed E-state index contributed by atoms with van der Waals surface area (Å²) in [6, 6.07) is 18.6. The van der Waals surface area contributed by atoms with Gasteiger partial charge in [-0.1, -0.05) is 60.7 Å². The summed E-state index contributed by atoms with van der Waals surface area (Å²) in [7, 11) is 0. The molecule has 2 heterocycles. The molecule has 248 valence electrons. The van der Waals surface area contributed by atoms with E-state index in [0.717, 1.165) is 11.1 Å². The first-order valence-electron chi connectivity index (χ1n) is 16.0. The number of nitrogens with zero attached hydrogens (tertiary/aromatic N) is 2. The fourth-order valence-electron chi connectivity index (χ4n) is 5.67. The van der Waals surface area contributed by atoms with E-state index >= 15 is 0 Å². The van der Waals surface area contributed by atoms with Gasteiger partial charge in [-0.05, 0) is 45.2 Å². The molecule has 0 unspecified atom stereocenters. The number of ether oxygens (including phenoxy) is 4. The van der Waals surface area contributed by atoms with Gasteiger partial charge < -0.3 is 28.7 Å². The molecule has 0 spiro atoms. The van der Waals surface area contributed by atoms with Gasteiger partial charge in [0.05, 0.1) is 60.6 Å². The number of carbonyl (C=O) groups excluding carboxylic acids is 4. The van der Waals surface area contributed by atoms with E-state index in [2.05, 4.69) is 0 Å². The van der Waals surface area contributed by atoms with Crippen molar-refractivity contribution in [3.05, 3.63) is 119 Å². The average Bonchev–Trinajstić information content (AvgIpc) is 3.08. The lowest BCUT2D eigenvalue weighted by Crippen LogP contribution is -2.32. The van der Waals surface area contributed by atoms with E-state index in [9.17, 15) is 19.2 Å². The maximum atomic E-state index is 13.2. The van der Waals surface area contributed by atoms with Crippen molar-refractivity contribution in [3.63, 3.8) is 0 Å². The molecule has 0 aliphatic carbocycles. The second kappa shape index (κ2) is 17.0. The van der Waals surface area contributed by atoms with Crippen LogP contribution in [-0.4, -0.2) is 73.2 Å². The summed E-state index contributed by atoms with van der Waals surface area (Å²) >= 11 is 0. The number of esters is 4. The quantitative estimate of drug-likeness (QED) is 0.197. The molecule has 0 saturated heterocycles. The molecule has 10 nitrogen and oxygen atoms in total. The Kier molecular flexibility index (Phi) is 12.6. The summed E-state index contributed by atoms with van der Waals surface area (Å²) < 4.78 is 21.6. The van der Waals surface area contributed by atoms with E-state index in [0.29, 0.717) is 41.8 Å². The SMILES string of the molecule is CCOC(=O)C1=CN(CCCN2C=C(C(=O)OCC)C(c3ccccc3)C(C(=O)OCC)=C2)C=C(C(=O)OCC)C1c1ccccc1. The molecule has 2 aliphatic heterocycles. The third kappa shape index (κ3) is 8.58. The summed E-state index contributed by atoms with van der Waals surface area (Å²) in [5.74, 6) is -3.40. The third-order valence-electron chi connectivity index (χ3n) is 7.61. The molecule has 0 aromatic heterocycles. The predicted molar refractivity (Wildman–Crippen MR) is 175 cm³/mol. The normalized spacial score (nSPS) is 15.1. The molecule has 0 saturated carbocycles. The Labute approximate surface area is 275 Å². The zero-order valence-electron chi connectivity index (χ0n) is 27.3. The van der Waals surface area contributed by atoms with Crippen molar-refractivity contribution >= 4 is 23.9 Å². The molecular weight excluding hydrogens is 600 g/mol. The van der Waals surface area contributed by atoms with Crippen molar-refractivity contribution in [2.45, 2.75) is 46.0 Å². The highest BCUT2D eigenvalue weighted by Crippen LogP contribution is 2.39. The third-order valence-corrected chi connectivity index (χ3v) is 7.61. The first kappa shape index (κ1) is 34.7. The molecule has 0 fully saturated rings. The van der Waals surface area contributed by atoms with Gasteiger partial charge in [0.2, 0.25) is 0 Å². The molecule has 47 heavy (non-hydrogen) atoms. The van der Waals surface area contributed by atoms with E-state index in [-0.39, 0.29) is 26.4 Å². The van der Waals surface area contributed by atoms with Gasteiger partial charge in [0.25, 0.3) is 0 Å². The van der Waals surface area contributed by atoms with Crippen LogP contribution in [0.5, 0.6) is 0 Å². The summed E-state index contributed by atoms with van der Waals surface area (Å²) in [6.45, 7) is 8.45. The number of benzene rings is 2. The molecule has 0 bridgehead atoms. The highest BCUT2D eigenvalue weighted by atomic mass is 16.5. The molecule has 2 aromatic carbocycles. The minimum atomic E-state index is -0.660. The first-order valence-corrected chi connectivity index (χ1v) is 16.0. The molecule has 10 heteroatoms. The van der Waals surface area contributed by atoms with Crippen LogP contribution < -0.4 is 0 Å². The van der Waals surface area contributed by atoms with Crippen LogP contribution in [0.15, 0.2) is 108 Å². The van der Waals surface area contributed by atoms with Crippen LogP contribution in [0.25, 0.3) is 0 Å². The molecule has 0 atom stereocenters. The topological polar surface area (TPSA) is 112 Å². The molecule has 2 aromatic rings. The molecular formula is C37H42N2O8. The van der Waals surface area contributed by atoms with E-state index in [4.69, 9.17) is 18.9 Å². The fourth-order valence-corrected chi connectivity index (χ4v) is 5.67. The van der Waals surface area contributed by atoms with Crippen LogP contribution in [-0.2, 0) is 38.1 Å². The van der Waals surface area contributed by atoms with Crippen molar-refractivity contribution in [2.24, 2.45) is 0 Å². The van der Waals surface area contributed by atoms with Crippen molar-refractivity contribution < 1.29 is 38.1 Å². The minimum Gasteiger partial charge on any atom is -0.463 e. The van der Waals surface area contributed by atoms with E-state index in [1.54, 1.807) is 62.3 Å². The van der Waals surface area contributed by atoms with E-state index in [1.165, 1.54) is 0 Å². The van der Waals surface area contributed by atoms with Gasteiger partial charge in [-0.25, -0.2) is 19.2 Å². The van der Waals surface area contributed by atoms with Crippen LogP contribution in [0.2, 0.25) is 0 Å². The second-order valence-electron chi connectivity index (χ2n) is 10.7. The zero-order chi connectivity index (χ0) is 33.8. The maximum Gasteiger partial charge on any atom is 0.336 e. The number of rotatable bonds is 14. The standard InChI is InChI=1S/C37H42N2O8/c1-5-44-34(40)28-22-38(23-29(35(41)45-6-2)32(28)26-16-11-9-12-17-26)20-15-21-39-24-30(36(42)46-7-3)33(27-18-13-10-14-19-27)31(25-39)37(43)47-8-4/h9-14,16-19,22-25,32-33H,5-8,15,20-21H2,1-4H3. The zero-order valence-corrected chi connectivity index (χ0v) is 27.3. The lowest BCUT2D eigenvalue weighted by atomic mass is 9.83. The molecule has 0 N–H and O–H groups in total. The van der Waals surface area contributed by atoms with Crippen molar-refractivity contribution in [1.82, 2.24) is 9.80 Å². The van der Waals surface area contributed by atoms with Gasteiger partial charge in [0, 0.05) is 37.9 Å². The second-order valence-corrected chi connectivity index (χ2v) is 10.7. The Morgan fingerprint density at radius 3 is 1.02 bits per heavy atom. The Morgan fingerprint density at radius 2 is 0.766 bits per heavy atom. The Bertz CT molecular complexity index is 1360. The fraction of sp³-hybridized carbons (Fsp3) is 0.351. The lowest BCUT2D eigenvalue weighted by Gasteiger charge is -2.32. The predicted octanol–water partition coefficient (Wildman–Crippen LogP) is 5.36. The minimum absolute atomic E-state index is 0.180. The van der Waals surface area contributed by atoms with Gasteiger partial charge in [-0.15, -0.1) is 0 Å². The van der Waals surface area contributed by atoms with Gasteiger partial charge >= 0.3 is 23.9 Å². The number of carbonyl (C=O) groups is 4.